The Hall–Kier alpha value is -1.96. The number of hydrogen-bond acceptors (Lipinski definition) is 3. The summed E-state index contributed by atoms with van der Waals surface area (Å²) >= 11 is 0. The molecule has 140 valence electrons. The van der Waals surface area contributed by atoms with Crippen LogP contribution < -0.4 is 20.5 Å². The van der Waals surface area contributed by atoms with Gasteiger partial charge < -0.3 is 20.5 Å². The molecule has 1 heterocycles. The number of aliphatic imine (C=N–C) groups is 1. The van der Waals surface area contributed by atoms with Gasteiger partial charge in [-0.2, -0.15) is 0 Å². The van der Waals surface area contributed by atoms with Gasteiger partial charge in [-0.25, -0.2) is 4.99 Å². The van der Waals surface area contributed by atoms with E-state index < -0.39 is 0 Å². The minimum absolute atomic E-state index is 0. The summed E-state index contributed by atoms with van der Waals surface area (Å²) in [5.41, 5.74) is 9.44. The van der Waals surface area contributed by atoms with Crippen molar-refractivity contribution in [3.05, 3.63) is 59.2 Å². The van der Waals surface area contributed by atoms with Crippen LogP contribution in [0.5, 0.6) is 11.5 Å². The Bertz CT molecular complexity index is 764. The second-order valence-electron chi connectivity index (χ2n) is 6.12. The average molecular weight is 467 g/mol. The average Bonchev–Trinajstić information content (AvgIpc) is 2.62. The van der Waals surface area contributed by atoms with E-state index in [0.717, 1.165) is 29.0 Å². The molecule has 3 rings (SSSR count). The molecule has 5 nitrogen and oxygen atoms in total. The van der Waals surface area contributed by atoms with Crippen LogP contribution in [0.4, 0.5) is 0 Å². The summed E-state index contributed by atoms with van der Waals surface area (Å²) in [4.78, 5) is 4.50. The largest absolute Gasteiger partial charge is 0.494 e. The van der Waals surface area contributed by atoms with Gasteiger partial charge in [0.2, 0.25) is 0 Å². The number of nitrogens with two attached hydrogens (primary N) is 1. The summed E-state index contributed by atoms with van der Waals surface area (Å²) in [7, 11) is 0. The molecule has 0 aromatic heterocycles. The first kappa shape index (κ1) is 20.4. The lowest BCUT2D eigenvalue weighted by Crippen LogP contribution is -2.37. The molecule has 26 heavy (non-hydrogen) atoms. The van der Waals surface area contributed by atoms with Crippen molar-refractivity contribution in [3.63, 3.8) is 0 Å². The third-order valence-corrected chi connectivity index (χ3v) is 4.22. The first-order valence-corrected chi connectivity index (χ1v) is 8.68. The SMILES string of the molecule is CCOc1cc(C)ccc1CN=C(N)NC1CCOc2ccccc21.I. The van der Waals surface area contributed by atoms with Gasteiger partial charge in [0.15, 0.2) is 5.96 Å². The summed E-state index contributed by atoms with van der Waals surface area (Å²) in [5.74, 6) is 2.22. The Balaban J connectivity index is 0.00000243. The van der Waals surface area contributed by atoms with Gasteiger partial charge in [-0.1, -0.05) is 30.3 Å². The number of halogens is 1. The van der Waals surface area contributed by atoms with Crippen molar-refractivity contribution in [2.45, 2.75) is 32.9 Å². The van der Waals surface area contributed by atoms with E-state index >= 15 is 0 Å². The number of rotatable bonds is 5. The lowest BCUT2D eigenvalue weighted by Gasteiger charge is -2.27. The van der Waals surface area contributed by atoms with E-state index in [1.54, 1.807) is 0 Å². The first-order chi connectivity index (χ1) is 12.2. The van der Waals surface area contributed by atoms with Crippen molar-refractivity contribution in [3.8, 4) is 11.5 Å². The van der Waals surface area contributed by atoms with E-state index in [1.807, 2.05) is 44.2 Å². The van der Waals surface area contributed by atoms with Crippen LogP contribution in [0.1, 0.15) is 36.1 Å². The monoisotopic (exact) mass is 467 g/mol. The van der Waals surface area contributed by atoms with Crippen molar-refractivity contribution in [1.29, 1.82) is 0 Å². The highest BCUT2D eigenvalue weighted by Gasteiger charge is 2.21. The van der Waals surface area contributed by atoms with Crippen LogP contribution in [-0.2, 0) is 6.54 Å². The summed E-state index contributed by atoms with van der Waals surface area (Å²) in [6.07, 6.45) is 0.863. The molecule has 0 amide bonds. The topological polar surface area (TPSA) is 68.9 Å². The molecule has 0 bridgehead atoms. The molecule has 1 aliphatic heterocycles. The van der Waals surface area contributed by atoms with Gasteiger partial charge in [-0.3, -0.25) is 0 Å². The van der Waals surface area contributed by atoms with Crippen molar-refractivity contribution in [2.24, 2.45) is 10.7 Å². The van der Waals surface area contributed by atoms with E-state index in [1.165, 1.54) is 5.56 Å². The van der Waals surface area contributed by atoms with Gasteiger partial charge in [-0.05, 0) is 31.5 Å². The molecule has 0 radical (unpaired) electrons. The fourth-order valence-corrected chi connectivity index (χ4v) is 2.97. The third kappa shape index (κ3) is 5.03. The van der Waals surface area contributed by atoms with Gasteiger partial charge in [0.25, 0.3) is 0 Å². The van der Waals surface area contributed by atoms with E-state index in [2.05, 4.69) is 22.4 Å². The molecule has 0 saturated heterocycles. The molecule has 0 spiro atoms. The number of nitrogens with zero attached hydrogens (tertiary/aromatic N) is 1. The van der Waals surface area contributed by atoms with E-state index in [9.17, 15) is 0 Å². The normalized spacial score (nSPS) is 16.1. The zero-order valence-electron chi connectivity index (χ0n) is 15.2. The number of guanidine groups is 1. The van der Waals surface area contributed by atoms with E-state index in [-0.39, 0.29) is 30.0 Å². The summed E-state index contributed by atoms with van der Waals surface area (Å²) < 4.78 is 11.4. The number of hydrogen-bond donors (Lipinski definition) is 2. The third-order valence-electron chi connectivity index (χ3n) is 4.22. The fourth-order valence-electron chi connectivity index (χ4n) is 2.97. The van der Waals surface area contributed by atoms with Crippen LogP contribution in [0.15, 0.2) is 47.5 Å². The van der Waals surface area contributed by atoms with Crippen LogP contribution in [0.25, 0.3) is 0 Å². The molecule has 2 aromatic carbocycles. The maximum atomic E-state index is 6.12. The zero-order valence-corrected chi connectivity index (χ0v) is 17.5. The molecule has 1 atom stereocenters. The quantitative estimate of drug-likeness (QED) is 0.397. The number of ether oxygens (including phenoxy) is 2. The molecular weight excluding hydrogens is 441 g/mol. The number of aryl methyl sites for hydroxylation is 1. The Kier molecular flexibility index (Phi) is 7.56. The van der Waals surface area contributed by atoms with Crippen molar-refractivity contribution >= 4 is 29.9 Å². The number of benzene rings is 2. The maximum absolute atomic E-state index is 6.12. The molecule has 1 unspecified atom stereocenters. The summed E-state index contributed by atoms with van der Waals surface area (Å²) in [5, 5.41) is 3.32. The number of fused-ring (bicyclic) bond motifs is 1. The smallest absolute Gasteiger partial charge is 0.189 e. The standard InChI is InChI=1S/C20H25N3O2.HI/c1-3-24-19-12-14(2)8-9-15(19)13-22-20(21)23-17-10-11-25-18-7-5-4-6-16(17)18;/h4-9,12,17H,3,10-11,13H2,1-2H3,(H3,21,22,23);1H. The fraction of sp³-hybridized carbons (Fsp3) is 0.350. The Labute approximate surface area is 172 Å². The van der Waals surface area contributed by atoms with Gasteiger partial charge in [0.05, 0.1) is 25.8 Å². The Morgan fingerprint density at radius 3 is 2.92 bits per heavy atom. The van der Waals surface area contributed by atoms with Crippen LogP contribution in [0.2, 0.25) is 0 Å². The van der Waals surface area contributed by atoms with Gasteiger partial charge in [0.1, 0.15) is 11.5 Å². The minimum Gasteiger partial charge on any atom is -0.494 e. The van der Waals surface area contributed by atoms with Crippen LogP contribution in [0, 0.1) is 6.92 Å². The van der Waals surface area contributed by atoms with Crippen LogP contribution in [0.3, 0.4) is 0 Å². The molecule has 2 aromatic rings. The highest BCUT2D eigenvalue weighted by Crippen LogP contribution is 2.31. The zero-order chi connectivity index (χ0) is 17.6. The summed E-state index contributed by atoms with van der Waals surface area (Å²) in [6, 6.07) is 14.3. The second-order valence-corrected chi connectivity index (χ2v) is 6.12. The lowest BCUT2D eigenvalue weighted by atomic mass is 10.0. The predicted molar refractivity (Wildman–Crippen MR) is 116 cm³/mol. The van der Waals surface area contributed by atoms with E-state index in [0.29, 0.717) is 25.7 Å². The number of nitrogens with one attached hydrogen (secondary N) is 1. The highest BCUT2D eigenvalue weighted by molar-refractivity contribution is 14.0. The first-order valence-electron chi connectivity index (χ1n) is 8.68. The molecule has 0 aliphatic carbocycles. The summed E-state index contributed by atoms with van der Waals surface area (Å²) in [6.45, 7) is 5.82. The van der Waals surface area contributed by atoms with Gasteiger partial charge >= 0.3 is 0 Å². The molecular formula is C20H26IN3O2. The van der Waals surface area contributed by atoms with Crippen LogP contribution >= 0.6 is 24.0 Å². The van der Waals surface area contributed by atoms with Crippen molar-refractivity contribution in [1.82, 2.24) is 5.32 Å². The highest BCUT2D eigenvalue weighted by atomic mass is 127. The Morgan fingerprint density at radius 2 is 2.12 bits per heavy atom. The van der Waals surface area contributed by atoms with Crippen molar-refractivity contribution in [2.75, 3.05) is 13.2 Å². The molecule has 0 saturated carbocycles. The Morgan fingerprint density at radius 1 is 1.31 bits per heavy atom. The van der Waals surface area contributed by atoms with E-state index in [4.69, 9.17) is 15.2 Å². The maximum Gasteiger partial charge on any atom is 0.189 e. The lowest BCUT2D eigenvalue weighted by molar-refractivity contribution is 0.262. The second kappa shape index (κ2) is 9.66. The van der Waals surface area contributed by atoms with Crippen molar-refractivity contribution < 1.29 is 9.47 Å². The minimum atomic E-state index is 0. The molecule has 6 heteroatoms. The van der Waals surface area contributed by atoms with Gasteiger partial charge in [-0.15, -0.1) is 24.0 Å². The number of para-hydroxylation sites is 1. The molecule has 3 N–H and O–H groups in total. The van der Waals surface area contributed by atoms with Crippen LogP contribution in [-0.4, -0.2) is 19.2 Å². The molecule has 1 aliphatic rings. The molecule has 0 fully saturated rings. The van der Waals surface area contributed by atoms with Gasteiger partial charge in [0, 0.05) is 17.5 Å². The predicted octanol–water partition coefficient (Wildman–Crippen LogP) is 3.94.